The van der Waals surface area contributed by atoms with Crippen LogP contribution in [0.4, 0.5) is 4.79 Å². The van der Waals surface area contributed by atoms with Gasteiger partial charge in [-0.25, -0.2) is 10.3 Å². The van der Waals surface area contributed by atoms with Crippen molar-refractivity contribution >= 4 is 22.3 Å². The lowest BCUT2D eigenvalue weighted by Gasteiger charge is -2.50. The Bertz CT molecular complexity index is 636. The summed E-state index contributed by atoms with van der Waals surface area (Å²) >= 11 is 0. The number of hydrogen-bond donors (Lipinski definition) is 3. The molecule has 1 spiro atoms. The van der Waals surface area contributed by atoms with E-state index in [4.69, 9.17) is 19.9 Å². The molecule has 3 saturated heterocycles. The summed E-state index contributed by atoms with van der Waals surface area (Å²) in [6, 6.07) is -2.33. The Kier molecular flexibility index (Phi) is 4.39. The Hall–Kier alpha value is -1.51. The number of nitrogens with zero attached hydrogens (tertiary/aromatic N) is 2. The molecule has 24 heavy (non-hydrogen) atoms. The van der Waals surface area contributed by atoms with Crippen molar-refractivity contribution in [2.75, 3.05) is 32.9 Å². The molecule has 0 aromatic heterocycles. The first-order valence-corrected chi connectivity index (χ1v) is 8.60. The summed E-state index contributed by atoms with van der Waals surface area (Å²) in [5.74, 6) is -0.546. The third kappa shape index (κ3) is 2.94. The molecule has 0 aromatic rings. The molecule has 3 fully saturated rings. The highest BCUT2D eigenvalue weighted by Gasteiger charge is 2.63. The maximum absolute atomic E-state index is 12.4. The predicted molar refractivity (Wildman–Crippen MR) is 75.2 cm³/mol. The van der Waals surface area contributed by atoms with Gasteiger partial charge in [0.1, 0.15) is 6.04 Å². The Balaban J connectivity index is 1.81. The average molecular weight is 366 g/mol. The van der Waals surface area contributed by atoms with Gasteiger partial charge in [-0.3, -0.25) is 14.2 Å². The number of hydrogen-bond acceptors (Lipinski definition) is 8. The van der Waals surface area contributed by atoms with Crippen molar-refractivity contribution in [2.45, 2.75) is 18.5 Å². The largest absolute Gasteiger partial charge is 0.418 e. The maximum atomic E-state index is 12.4. The van der Waals surface area contributed by atoms with Crippen LogP contribution in [0.1, 0.15) is 6.42 Å². The first-order valence-electron chi connectivity index (χ1n) is 7.24. The third-order valence-electron chi connectivity index (χ3n) is 4.42. The van der Waals surface area contributed by atoms with E-state index in [1.807, 2.05) is 0 Å². The van der Waals surface area contributed by atoms with E-state index in [1.54, 1.807) is 0 Å². The van der Waals surface area contributed by atoms with Crippen LogP contribution in [-0.4, -0.2) is 79.9 Å². The van der Waals surface area contributed by atoms with Gasteiger partial charge < -0.3 is 15.4 Å². The summed E-state index contributed by atoms with van der Waals surface area (Å²) < 4.78 is 40.5. The van der Waals surface area contributed by atoms with Crippen LogP contribution >= 0.6 is 0 Å². The lowest BCUT2D eigenvalue weighted by Crippen LogP contribution is -2.63. The summed E-state index contributed by atoms with van der Waals surface area (Å²) in [7, 11) is -4.87. The van der Waals surface area contributed by atoms with Gasteiger partial charge in [0.25, 0.3) is 5.91 Å². The second kappa shape index (κ2) is 6.09. The molecule has 3 amide bonds. The Morgan fingerprint density at radius 3 is 2.75 bits per heavy atom. The number of carbonyl (C=O) groups is 2. The molecule has 0 aromatic carbocycles. The highest BCUT2D eigenvalue weighted by atomic mass is 32.3. The minimum Gasteiger partial charge on any atom is -0.380 e. The van der Waals surface area contributed by atoms with E-state index >= 15 is 0 Å². The van der Waals surface area contributed by atoms with Gasteiger partial charge in [0.15, 0.2) is 0 Å². The zero-order chi connectivity index (χ0) is 17.5. The minimum absolute atomic E-state index is 0.0761. The first kappa shape index (κ1) is 17.3. The third-order valence-corrected chi connectivity index (χ3v) is 4.77. The molecule has 0 aliphatic carbocycles. The molecule has 3 heterocycles. The maximum Gasteiger partial charge on any atom is 0.418 e. The number of rotatable bonds is 6. The molecule has 13 heteroatoms. The zero-order valence-corrected chi connectivity index (χ0v) is 13.4. The van der Waals surface area contributed by atoms with Gasteiger partial charge in [-0.1, -0.05) is 0 Å². The van der Waals surface area contributed by atoms with Crippen LogP contribution in [-0.2, 0) is 29.1 Å². The van der Waals surface area contributed by atoms with E-state index in [-0.39, 0.29) is 39.3 Å². The van der Waals surface area contributed by atoms with E-state index in [1.165, 1.54) is 4.90 Å². The number of nitrogens with two attached hydrogens (primary N) is 1. The number of urea groups is 1. The van der Waals surface area contributed by atoms with Crippen molar-refractivity contribution < 1.29 is 36.4 Å². The first-order chi connectivity index (χ1) is 11.3. The number of hydroxylamine groups is 3. The van der Waals surface area contributed by atoms with E-state index in [9.17, 15) is 18.0 Å². The summed E-state index contributed by atoms with van der Waals surface area (Å²) in [6.07, 6.45) is 0.257. The molecular formula is C11H18N4O8S. The summed E-state index contributed by atoms with van der Waals surface area (Å²) in [6.45, 7) is 0.895. The molecule has 12 nitrogen and oxygen atoms in total. The number of piperidine rings is 1. The summed E-state index contributed by atoms with van der Waals surface area (Å²) in [5.41, 5.74) is 6.87. The van der Waals surface area contributed by atoms with Gasteiger partial charge in [0, 0.05) is 18.5 Å². The second-order valence-electron chi connectivity index (χ2n) is 5.96. The number of carbonyl (C=O) groups excluding carboxylic acids is 2. The fourth-order valence-corrected chi connectivity index (χ4v) is 3.65. The zero-order valence-electron chi connectivity index (χ0n) is 12.6. The highest BCUT2D eigenvalue weighted by Crippen LogP contribution is 2.47. The molecule has 4 N–H and O–H groups in total. The molecule has 136 valence electrons. The second-order valence-corrected chi connectivity index (χ2v) is 6.96. The number of ether oxygens (including phenoxy) is 1. The molecule has 3 aliphatic heterocycles. The van der Waals surface area contributed by atoms with Crippen molar-refractivity contribution in [1.29, 1.82) is 0 Å². The highest BCUT2D eigenvalue weighted by molar-refractivity contribution is 7.80. The average Bonchev–Trinajstić information content (AvgIpc) is 2.72. The van der Waals surface area contributed by atoms with E-state index in [2.05, 4.69) is 9.76 Å². The molecule has 3 rings (SSSR count). The van der Waals surface area contributed by atoms with Gasteiger partial charge in [-0.15, -0.1) is 4.28 Å². The summed E-state index contributed by atoms with van der Waals surface area (Å²) in [4.78, 5) is 30.8. The van der Waals surface area contributed by atoms with Crippen LogP contribution in [0.5, 0.6) is 0 Å². The Morgan fingerprint density at radius 2 is 2.21 bits per heavy atom. The van der Waals surface area contributed by atoms with Crippen LogP contribution in [0.3, 0.4) is 0 Å². The van der Waals surface area contributed by atoms with Crippen LogP contribution in [0.15, 0.2) is 0 Å². The Labute approximate surface area is 137 Å². The van der Waals surface area contributed by atoms with Gasteiger partial charge in [-0.05, 0) is 6.42 Å². The van der Waals surface area contributed by atoms with Crippen molar-refractivity contribution in [3.8, 4) is 0 Å². The molecule has 0 radical (unpaired) electrons. The normalized spacial score (nSPS) is 28.2. The van der Waals surface area contributed by atoms with Crippen molar-refractivity contribution in [3.63, 3.8) is 0 Å². The van der Waals surface area contributed by atoms with E-state index in [0.29, 0.717) is 5.06 Å². The van der Waals surface area contributed by atoms with Gasteiger partial charge in [-0.2, -0.15) is 13.5 Å². The Morgan fingerprint density at radius 1 is 1.50 bits per heavy atom. The fourth-order valence-electron chi connectivity index (χ4n) is 3.28. The van der Waals surface area contributed by atoms with Crippen LogP contribution in [0.2, 0.25) is 0 Å². The minimum atomic E-state index is -4.87. The van der Waals surface area contributed by atoms with Crippen molar-refractivity contribution in [1.82, 2.24) is 15.4 Å². The quantitative estimate of drug-likeness (QED) is 0.265. The molecule has 3 aliphatic rings. The lowest BCUT2D eigenvalue weighted by molar-refractivity contribution is -0.194. The summed E-state index contributed by atoms with van der Waals surface area (Å²) in [5, 5.41) is 0.603. The number of nitrogens with one attached hydrogen (secondary N) is 1. The molecule has 2 bridgehead atoms. The van der Waals surface area contributed by atoms with Crippen LogP contribution < -0.4 is 11.2 Å². The van der Waals surface area contributed by atoms with Gasteiger partial charge in [0.05, 0.1) is 25.9 Å². The fraction of sp³-hybridized carbons (Fsp3) is 0.818. The standard InChI is InChI=1S/C11H18N4O8S/c12-1-2-22-13-9(16)7-3-11(5-21-6-11)8-4-14(7)10(17)15(8)23-24(18,19)20/h7-8H,1-6,12H2,(H,13,16)(H,18,19,20)/t7-,8-/m0/s1. The van der Waals surface area contributed by atoms with Crippen molar-refractivity contribution in [3.05, 3.63) is 0 Å². The molecule has 2 atom stereocenters. The van der Waals surface area contributed by atoms with Gasteiger partial charge >= 0.3 is 16.4 Å². The van der Waals surface area contributed by atoms with Crippen LogP contribution in [0, 0.1) is 5.41 Å². The SMILES string of the molecule is NCCONC(=O)[C@@H]1CC2(COC2)[C@@H]2CN1C(=O)N2OS(=O)(=O)O. The number of amides is 3. The topological polar surface area (TPSA) is 161 Å². The molecule has 0 saturated carbocycles. The lowest BCUT2D eigenvalue weighted by atomic mass is 9.71. The van der Waals surface area contributed by atoms with Gasteiger partial charge in [0.2, 0.25) is 0 Å². The van der Waals surface area contributed by atoms with E-state index in [0.717, 1.165) is 0 Å². The smallest absolute Gasteiger partial charge is 0.380 e. The molecular weight excluding hydrogens is 348 g/mol. The van der Waals surface area contributed by atoms with E-state index < -0.39 is 39.8 Å². The van der Waals surface area contributed by atoms with Crippen LogP contribution in [0.25, 0.3) is 0 Å². The number of fused-ring (bicyclic) bond motifs is 3. The predicted octanol–water partition coefficient (Wildman–Crippen LogP) is -2.38. The van der Waals surface area contributed by atoms with Crippen molar-refractivity contribution in [2.24, 2.45) is 11.1 Å². The molecule has 0 unspecified atom stereocenters. The monoisotopic (exact) mass is 366 g/mol.